The van der Waals surface area contributed by atoms with Gasteiger partial charge in [-0.1, -0.05) is 12.1 Å². The third kappa shape index (κ3) is 4.77. The van der Waals surface area contributed by atoms with E-state index in [1.807, 2.05) is 6.92 Å². The van der Waals surface area contributed by atoms with Gasteiger partial charge in [-0.3, -0.25) is 0 Å². The van der Waals surface area contributed by atoms with E-state index < -0.39 is 20.0 Å². The first-order valence-corrected chi connectivity index (χ1v) is 9.80. The summed E-state index contributed by atoms with van der Waals surface area (Å²) in [7, 11) is -7.11. The van der Waals surface area contributed by atoms with Crippen molar-refractivity contribution in [2.75, 3.05) is 25.9 Å². The van der Waals surface area contributed by atoms with Crippen LogP contribution in [0.3, 0.4) is 0 Å². The molecular formula is C11H21N3O5S2. The Hall–Kier alpha value is -0.970. The fourth-order valence-corrected chi connectivity index (χ4v) is 4.21. The third-order valence-electron chi connectivity index (χ3n) is 2.83. The molecule has 0 aliphatic carbocycles. The summed E-state index contributed by atoms with van der Waals surface area (Å²) >= 11 is 0. The normalized spacial score (nSPS) is 13.0. The summed E-state index contributed by atoms with van der Waals surface area (Å²) in [4.78, 5) is 0.00361. The van der Waals surface area contributed by atoms with Gasteiger partial charge in [0, 0.05) is 19.6 Å². The van der Waals surface area contributed by atoms with Gasteiger partial charge in [0.15, 0.2) is 5.76 Å². The molecule has 1 aromatic heterocycles. The van der Waals surface area contributed by atoms with E-state index >= 15 is 0 Å². The number of hydrogen-bond donors (Lipinski definition) is 1. The van der Waals surface area contributed by atoms with Crippen LogP contribution in [0, 0.1) is 13.8 Å². The Balaban J connectivity index is 2.75. The highest BCUT2D eigenvalue weighted by molar-refractivity contribution is 7.89. The minimum Gasteiger partial charge on any atom is -0.360 e. The molecule has 0 fully saturated rings. The highest BCUT2D eigenvalue weighted by Gasteiger charge is 2.24. The SMILES string of the molecule is CCCN(CCNS(=O)(=O)c1c(C)noc1C)S(C)(=O)=O. The van der Waals surface area contributed by atoms with E-state index in [0.717, 1.165) is 6.26 Å². The molecule has 0 bridgehead atoms. The lowest BCUT2D eigenvalue weighted by Crippen LogP contribution is -2.38. The van der Waals surface area contributed by atoms with Gasteiger partial charge in [0.2, 0.25) is 20.0 Å². The zero-order valence-electron chi connectivity index (χ0n) is 12.6. The summed E-state index contributed by atoms with van der Waals surface area (Å²) in [6.07, 6.45) is 1.76. The number of aromatic nitrogens is 1. The van der Waals surface area contributed by atoms with E-state index in [4.69, 9.17) is 4.52 Å². The number of nitrogens with one attached hydrogen (secondary N) is 1. The van der Waals surface area contributed by atoms with Crippen LogP contribution in [0.2, 0.25) is 0 Å². The second-order valence-electron chi connectivity index (χ2n) is 4.71. The quantitative estimate of drug-likeness (QED) is 0.726. The zero-order valence-corrected chi connectivity index (χ0v) is 14.2. The third-order valence-corrected chi connectivity index (χ3v) is 5.84. The second kappa shape index (κ2) is 6.86. The van der Waals surface area contributed by atoms with Gasteiger partial charge < -0.3 is 4.52 Å². The predicted molar refractivity (Wildman–Crippen MR) is 77.9 cm³/mol. The lowest BCUT2D eigenvalue weighted by atomic mass is 10.4. The van der Waals surface area contributed by atoms with Gasteiger partial charge in [-0.25, -0.2) is 25.9 Å². The van der Waals surface area contributed by atoms with E-state index in [2.05, 4.69) is 9.88 Å². The Morgan fingerprint density at radius 3 is 2.24 bits per heavy atom. The molecule has 1 N–H and O–H groups in total. The van der Waals surface area contributed by atoms with Crippen LogP contribution in [0.15, 0.2) is 9.42 Å². The molecular weight excluding hydrogens is 318 g/mol. The van der Waals surface area contributed by atoms with E-state index in [-0.39, 0.29) is 29.4 Å². The van der Waals surface area contributed by atoms with Gasteiger partial charge in [0.25, 0.3) is 0 Å². The highest BCUT2D eigenvalue weighted by atomic mass is 32.2. The van der Waals surface area contributed by atoms with Gasteiger partial charge in [-0.2, -0.15) is 0 Å². The molecule has 0 spiro atoms. The van der Waals surface area contributed by atoms with Gasteiger partial charge in [-0.15, -0.1) is 0 Å². The summed E-state index contributed by atoms with van der Waals surface area (Å²) < 4.78 is 55.8. The van der Waals surface area contributed by atoms with Crippen LogP contribution < -0.4 is 4.72 Å². The molecule has 8 nitrogen and oxygen atoms in total. The molecule has 1 aromatic rings. The summed E-state index contributed by atoms with van der Waals surface area (Å²) in [5.74, 6) is 0.202. The van der Waals surface area contributed by atoms with Crippen molar-refractivity contribution in [3.63, 3.8) is 0 Å². The molecule has 0 radical (unpaired) electrons. The van der Waals surface area contributed by atoms with Crippen LogP contribution in [0.4, 0.5) is 0 Å². The molecule has 21 heavy (non-hydrogen) atoms. The first kappa shape index (κ1) is 18.1. The van der Waals surface area contributed by atoms with Gasteiger partial charge in [-0.05, 0) is 20.3 Å². The van der Waals surface area contributed by atoms with E-state index in [0.29, 0.717) is 13.0 Å². The van der Waals surface area contributed by atoms with Crippen molar-refractivity contribution in [1.82, 2.24) is 14.2 Å². The largest absolute Gasteiger partial charge is 0.360 e. The molecule has 0 saturated carbocycles. The number of nitrogens with zero attached hydrogens (tertiary/aromatic N) is 2. The molecule has 122 valence electrons. The molecule has 0 aromatic carbocycles. The molecule has 0 saturated heterocycles. The van der Waals surface area contributed by atoms with Crippen molar-refractivity contribution in [2.24, 2.45) is 0 Å². The standard InChI is InChI=1S/C11H21N3O5S2/c1-5-7-14(20(4,15)16)8-6-12-21(17,18)11-9(2)13-19-10(11)3/h12H,5-8H2,1-4H3. The number of sulfonamides is 2. The number of aryl methyl sites for hydroxylation is 2. The monoisotopic (exact) mass is 339 g/mol. The lowest BCUT2D eigenvalue weighted by molar-refractivity contribution is 0.390. The van der Waals surface area contributed by atoms with E-state index in [1.165, 1.54) is 18.2 Å². The maximum Gasteiger partial charge on any atom is 0.246 e. The first-order chi connectivity index (χ1) is 9.59. The number of hydrogen-bond acceptors (Lipinski definition) is 6. The average Bonchev–Trinajstić information content (AvgIpc) is 2.67. The highest BCUT2D eigenvalue weighted by Crippen LogP contribution is 2.18. The molecule has 0 aliphatic heterocycles. The van der Waals surface area contributed by atoms with Gasteiger partial charge in [0.1, 0.15) is 10.6 Å². The molecule has 0 aliphatic rings. The zero-order chi connectivity index (χ0) is 16.3. The summed E-state index contributed by atoms with van der Waals surface area (Å²) in [5.41, 5.74) is 0.272. The summed E-state index contributed by atoms with van der Waals surface area (Å²) in [5, 5.41) is 3.59. The minimum absolute atomic E-state index is 0.00361. The van der Waals surface area contributed by atoms with Crippen LogP contribution in [-0.4, -0.2) is 52.2 Å². The average molecular weight is 339 g/mol. The second-order valence-corrected chi connectivity index (χ2v) is 8.40. The van der Waals surface area contributed by atoms with Crippen LogP contribution in [0.25, 0.3) is 0 Å². The molecule has 10 heteroatoms. The van der Waals surface area contributed by atoms with Crippen molar-refractivity contribution in [2.45, 2.75) is 32.1 Å². The topological polar surface area (TPSA) is 110 Å². The fourth-order valence-electron chi connectivity index (χ4n) is 1.93. The van der Waals surface area contributed by atoms with Crippen molar-refractivity contribution in [3.05, 3.63) is 11.5 Å². The summed E-state index contributed by atoms with van der Waals surface area (Å²) in [6, 6.07) is 0. The van der Waals surface area contributed by atoms with E-state index in [1.54, 1.807) is 0 Å². The summed E-state index contributed by atoms with van der Waals surface area (Å²) in [6.45, 7) is 5.31. The van der Waals surface area contributed by atoms with E-state index in [9.17, 15) is 16.8 Å². The predicted octanol–water partition coefficient (Wildman–Crippen LogP) is 0.241. The van der Waals surface area contributed by atoms with Crippen molar-refractivity contribution < 1.29 is 21.4 Å². The molecule has 0 amide bonds. The van der Waals surface area contributed by atoms with Crippen LogP contribution in [-0.2, 0) is 20.0 Å². The Morgan fingerprint density at radius 1 is 1.19 bits per heavy atom. The molecule has 0 unspecified atom stereocenters. The minimum atomic E-state index is -3.76. The Kier molecular flexibility index (Phi) is 5.91. The fraction of sp³-hybridized carbons (Fsp3) is 0.727. The van der Waals surface area contributed by atoms with Crippen molar-refractivity contribution in [1.29, 1.82) is 0 Å². The smallest absolute Gasteiger partial charge is 0.246 e. The van der Waals surface area contributed by atoms with Crippen LogP contribution >= 0.6 is 0 Å². The molecule has 0 atom stereocenters. The van der Waals surface area contributed by atoms with Crippen LogP contribution in [0.1, 0.15) is 24.8 Å². The maximum absolute atomic E-state index is 12.1. The number of rotatable bonds is 8. The maximum atomic E-state index is 12.1. The first-order valence-electron chi connectivity index (χ1n) is 6.47. The van der Waals surface area contributed by atoms with Crippen molar-refractivity contribution >= 4 is 20.0 Å². The Morgan fingerprint density at radius 2 is 1.81 bits per heavy atom. The Bertz CT molecular complexity index is 659. The lowest BCUT2D eigenvalue weighted by Gasteiger charge is -2.19. The Labute approximate surface area is 125 Å². The van der Waals surface area contributed by atoms with Crippen LogP contribution in [0.5, 0.6) is 0 Å². The van der Waals surface area contributed by atoms with Gasteiger partial charge >= 0.3 is 0 Å². The van der Waals surface area contributed by atoms with Crippen molar-refractivity contribution in [3.8, 4) is 0 Å². The molecule has 1 rings (SSSR count). The van der Waals surface area contributed by atoms with Gasteiger partial charge in [0.05, 0.1) is 6.26 Å². The molecule has 1 heterocycles.